The van der Waals surface area contributed by atoms with E-state index in [9.17, 15) is 4.79 Å². The van der Waals surface area contributed by atoms with Crippen LogP contribution in [0.1, 0.15) is 12.5 Å². The monoisotopic (exact) mass is 213 g/mol. The van der Waals surface area contributed by atoms with Gasteiger partial charge in [-0.05, 0) is 24.6 Å². The first-order chi connectivity index (χ1) is 7.76. The third-order valence-electron chi connectivity index (χ3n) is 2.48. The molecule has 4 nitrogen and oxygen atoms in total. The van der Waals surface area contributed by atoms with E-state index in [1.807, 2.05) is 13.0 Å². The van der Waals surface area contributed by atoms with E-state index in [0.717, 1.165) is 5.56 Å². The molecule has 1 N–H and O–H groups in total. The minimum absolute atomic E-state index is 0.0350. The predicted molar refractivity (Wildman–Crippen MR) is 60.9 cm³/mol. The molecule has 1 aromatic carbocycles. The van der Waals surface area contributed by atoms with Gasteiger partial charge in [-0.25, -0.2) is 0 Å². The van der Waals surface area contributed by atoms with Crippen LogP contribution in [-0.2, 0) is 6.54 Å². The number of nitrogens with zero attached hydrogens (tertiary/aromatic N) is 2. The minimum atomic E-state index is -0.0350. The molecule has 0 aliphatic heterocycles. The number of benzene rings is 1. The van der Waals surface area contributed by atoms with Crippen molar-refractivity contribution in [3.63, 3.8) is 0 Å². The van der Waals surface area contributed by atoms with E-state index in [1.54, 1.807) is 30.5 Å². The Morgan fingerprint density at radius 2 is 2.06 bits per heavy atom. The summed E-state index contributed by atoms with van der Waals surface area (Å²) in [4.78, 5) is 11.8. The Kier molecular flexibility index (Phi) is 2.61. The molecule has 0 unspecified atom stereocenters. The number of aryl methyl sites for hydroxylation is 1. The molecule has 0 amide bonds. The SMILES string of the molecule is CCn1[nH]cc(-c2ccc(C#N)cc2)c1=O. The minimum Gasteiger partial charge on any atom is -0.302 e. The first-order valence-corrected chi connectivity index (χ1v) is 5.05. The Morgan fingerprint density at radius 1 is 1.38 bits per heavy atom. The molecule has 0 saturated carbocycles. The summed E-state index contributed by atoms with van der Waals surface area (Å²) in [6.45, 7) is 2.52. The summed E-state index contributed by atoms with van der Waals surface area (Å²) in [5, 5.41) is 11.6. The van der Waals surface area contributed by atoms with Gasteiger partial charge in [-0.1, -0.05) is 12.1 Å². The Labute approximate surface area is 92.7 Å². The quantitative estimate of drug-likeness (QED) is 0.825. The fourth-order valence-corrected chi connectivity index (χ4v) is 1.57. The van der Waals surface area contributed by atoms with Gasteiger partial charge < -0.3 is 5.10 Å². The lowest BCUT2D eigenvalue weighted by Crippen LogP contribution is -2.16. The van der Waals surface area contributed by atoms with E-state index in [0.29, 0.717) is 17.7 Å². The second-order valence-corrected chi connectivity index (χ2v) is 3.43. The van der Waals surface area contributed by atoms with Crippen LogP contribution < -0.4 is 5.56 Å². The number of nitrogens with one attached hydrogen (secondary N) is 1. The zero-order chi connectivity index (χ0) is 11.5. The molecular formula is C12H11N3O. The fourth-order valence-electron chi connectivity index (χ4n) is 1.57. The normalized spacial score (nSPS) is 10.0. The van der Waals surface area contributed by atoms with Gasteiger partial charge in [0.2, 0.25) is 0 Å². The molecular weight excluding hydrogens is 202 g/mol. The Balaban J connectivity index is 2.47. The number of aromatic amines is 1. The van der Waals surface area contributed by atoms with Gasteiger partial charge in [0, 0.05) is 12.7 Å². The van der Waals surface area contributed by atoms with Crippen molar-refractivity contribution in [2.45, 2.75) is 13.5 Å². The van der Waals surface area contributed by atoms with Gasteiger partial charge in [0.05, 0.1) is 17.2 Å². The van der Waals surface area contributed by atoms with E-state index >= 15 is 0 Å². The van der Waals surface area contributed by atoms with Crippen LogP contribution in [0.5, 0.6) is 0 Å². The molecule has 0 bridgehead atoms. The van der Waals surface area contributed by atoms with E-state index in [2.05, 4.69) is 5.10 Å². The molecule has 0 aliphatic rings. The maximum Gasteiger partial charge on any atom is 0.274 e. The third kappa shape index (κ3) is 1.63. The lowest BCUT2D eigenvalue weighted by atomic mass is 10.1. The highest BCUT2D eigenvalue weighted by atomic mass is 16.1. The molecule has 0 spiro atoms. The molecule has 4 heteroatoms. The summed E-state index contributed by atoms with van der Waals surface area (Å²) < 4.78 is 1.54. The maximum atomic E-state index is 11.8. The summed E-state index contributed by atoms with van der Waals surface area (Å²) in [6, 6.07) is 9.02. The summed E-state index contributed by atoms with van der Waals surface area (Å²) in [5.41, 5.74) is 2.01. The molecule has 0 aliphatic carbocycles. The van der Waals surface area contributed by atoms with E-state index in [4.69, 9.17) is 5.26 Å². The van der Waals surface area contributed by atoms with Crippen molar-refractivity contribution in [3.05, 3.63) is 46.4 Å². The van der Waals surface area contributed by atoms with Gasteiger partial charge in [-0.3, -0.25) is 9.48 Å². The second-order valence-electron chi connectivity index (χ2n) is 3.43. The van der Waals surface area contributed by atoms with Crippen LogP contribution in [0.4, 0.5) is 0 Å². The van der Waals surface area contributed by atoms with Crippen molar-refractivity contribution in [2.24, 2.45) is 0 Å². The lowest BCUT2D eigenvalue weighted by molar-refractivity contribution is 0.638. The van der Waals surface area contributed by atoms with E-state index in [1.165, 1.54) is 4.68 Å². The first kappa shape index (κ1) is 10.2. The number of hydrogen-bond donors (Lipinski definition) is 1. The van der Waals surface area contributed by atoms with Gasteiger partial charge in [0.15, 0.2) is 0 Å². The molecule has 0 saturated heterocycles. The van der Waals surface area contributed by atoms with E-state index in [-0.39, 0.29) is 5.56 Å². The van der Waals surface area contributed by atoms with Crippen LogP contribution in [-0.4, -0.2) is 9.78 Å². The lowest BCUT2D eigenvalue weighted by Gasteiger charge is -1.95. The van der Waals surface area contributed by atoms with Crippen LogP contribution in [0.15, 0.2) is 35.3 Å². The molecule has 1 heterocycles. The summed E-state index contributed by atoms with van der Waals surface area (Å²) >= 11 is 0. The van der Waals surface area contributed by atoms with E-state index < -0.39 is 0 Å². The standard InChI is InChI=1S/C12H11N3O/c1-2-15-12(16)11(8-14-15)10-5-3-9(7-13)4-6-10/h3-6,8,14H,2H2,1H3. The van der Waals surface area contributed by atoms with Gasteiger partial charge >= 0.3 is 0 Å². The van der Waals surface area contributed by atoms with Crippen LogP contribution >= 0.6 is 0 Å². The highest BCUT2D eigenvalue weighted by Gasteiger charge is 2.06. The molecule has 0 atom stereocenters. The first-order valence-electron chi connectivity index (χ1n) is 5.05. The Morgan fingerprint density at radius 3 is 2.56 bits per heavy atom. The third-order valence-corrected chi connectivity index (χ3v) is 2.48. The molecule has 0 fully saturated rings. The summed E-state index contributed by atoms with van der Waals surface area (Å²) in [7, 11) is 0. The van der Waals surface area contributed by atoms with Crippen molar-refractivity contribution in [3.8, 4) is 17.2 Å². The molecule has 80 valence electrons. The van der Waals surface area contributed by atoms with Crippen molar-refractivity contribution in [1.82, 2.24) is 9.78 Å². The van der Waals surface area contributed by atoms with Crippen LogP contribution in [0, 0.1) is 11.3 Å². The molecule has 16 heavy (non-hydrogen) atoms. The number of H-pyrrole nitrogens is 1. The van der Waals surface area contributed by atoms with Gasteiger partial charge in [0.25, 0.3) is 5.56 Å². The van der Waals surface area contributed by atoms with Crippen molar-refractivity contribution in [2.75, 3.05) is 0 Å². The van der Waals surface area contributed by atoms with Gasteiger partial charge in [0.1, 0.15) is 0 Å². The van der Waals surface area contributed by atoms with Crippen molar-refractivity contribution >= 4 is 0 Å². The fraction of sp³-hybridized carbons (Fsp3) is 0.167. The predicted octanol–water partition coefficient (Wildman–Crippen LogP) is 1.73. The topological polar surface area (TPSA) is 61.6 Å². The van der Waals surface area contributed by atoms with Crippen LogP contribution in [0.2, 0.25) is 0 Å². The van der Waals surface area contributed by atoms with Crippen LogP contribution in [0.3, 0.4) is 0 Å². The highest BCUT2D eigenvalue weighted by molar-refractivity contribution is 5.62. The zero-order valence-corrected chi connectivity index (χ0v) is 8.90. The van der Waals surface area contributed by atoms with Crippen molar-refractivity contribution in [1.29, 1.82) is 5.26 Å². The Hall–Kier alpha value is -2.28. The molecule has 2 rings (SSSR count). The molecule has 0 radical (unpaired) electrons. The number of nitriles is 1. The Bertz CT molecular complexity index is 584. The molecule has 2 aromatic rings. The number of rotatable bonds is 2. The van der Waals surface area contributed by atoms with Gasteiger partial charge in [-0.15, -0.1) is 0 Å². The second kappa shape index (κ2) is 4.07. The van der Waals surface area contributed by atoms with Gasteiger partial charge in [-0.2, -0.15) is 5.26 Å². The average Bonchev–Trinajstić information content (AvgIpc) is 2.70. The average molecular weight is 213 g/mol. The molecule has 1 aromatic heterocycles. The largest absolute Gasteiger partial charge is 0.302 e. The summed E-state index contributed by atoms with van der Waals surface area (Å²) in [6.07, 6.45) is 1.69. The smallest absolute Gasteiger partial charge is 0.274 e. The highest BCUT2D eigenvalue weighted by Crippen LogP contribution is 2.15. The number of aromatic nitrogens is 2. The number of hydrogen-bond acceptors (Lipinski definition) is 2. The summed E-state index contributed by atoms with van der Waals surface area (Å²) in [5.74, 6) is 0. The zero-order valence-electron chi connectivity index (χ0n) is 8.90. The maximum absolute atomic E-state index is 11.8. The van der Waals surface area contributed by atoms with Crippen molar-refractivity contribution < 1.29 is 0 Å². The van der Waals surface area contributed by atoms with Crippen LogP contribution in [0.25, 0.3) is 11.1 Å².